The topological polar surface area (TPSA) is 40.5 Å². The molecule has 0 aliphatic rings. The van der Waals surface area contributed by atoms with Crippen molar-refractivity contribution < 1.29 is 14.4 Å². The zero-order chi connectivity index (χ0) is 11.0. The van der Waals surface area contributed by atoms with E-state index in [-0.39, 0.29) is 15.0 Å². The van der Waals surface area contributed by atoms with Crippen LogP contribution in [0.4, 0.5) is 4.39 Å². The van der Waals surface area contributed by atoms with E-state index in [9.17, 15) is 4.39 Å². The Morgan fingerprint density at radius 2 is 1.57 bits per heavy atom. The Labute approximate surface area is 110 Å². The number of hydrogen-bond donors (Lipinski definition) is 2. The van der Waals surface area contributed by atoms with E-state index in [1.807, 2.05) is 0 Å². The van der Waals surface area contributed by atoms with Gasteiger partial charge in [-0.1, -0.05) is 11.6 Å². The predicted octanol–water partition coefficient (Wildman–Crippen LogP) is 2.45. The first kappa shape index (κ1) is 12.9. The van der Waals surface area contributed by atoms with Gasteiger partial charge in [-0.15, -0.1) is 0 Å². The van der Waals surface area contributed by atoms with E-state index in [2.05, 4.69) is 47.8 Å². The van der Waals surface area contributed by atoms with Crippen molar-refractivity contribution in [2.45, 2.75) is 0 Å². The van der Waals surface area contributed by atoms with E-state index in [1.165, 1.54) is 0 Å². The molecule has 0 aliphatic heterocycles. The first-order valence-corrected chi connectivity index (χ1v) is 6.01. The largest absolute Gasteiger partial charge is 0.491 e. The zero-order valence-electron chi connectivity index (χ0n) is 6.36. The fraction of sp³-hybridized carbons (Fsp3) is 0. The van der Waals surface area contributed by atoms with Crippen LogP contribution in [0.1, 0.15) is 0 Å². The van der Waals surface area contributed by atoms with Crippen molar-refractivity contribution in [2.24, 2.45) is 0 Å². The molecule has 0 saturated heterocycles. The molecular weight excluding hydrogens is 409 g/mol. The summed E-state index contributed by atoms with van der Waals surface area (Å²) < 4.78 is 14.1. The van der Waals surface area contributed by atoms with Gasteiger partial charge in [-0.25, -0.2) is 4.39 Å². The fourth-order valence-corrected chi connectivity index (χ4v) is 3.01. The van der Waals surface area contributed by atoms with Crippen LogP contribution >= 0.6 is 59.4 Å². The standard InChI is InChI=1S/C6H2BBr3ClFO2/c8-2-1(7(13)14)5(11)6(12)4(10)3(2)9/h13-14H. The molecule has 1 rings (SSSR count). The van der Waals surface area contributed by atoms with E-state index >= 15 is 0 Å². The summed E-state index contributed by atoms with van der Waals surface area (Å²) in [6.07, 6.45) is 0. The molecule has 0 aromatic heterocycles. The average Bonchev–Trinajstić information content (AvgIpc) is 2.11. The minimum atomic E-state index is -1.84. The second-order valence-electron chi connectivity index (χ2n) is 2.36. The summed E-state index contributed by atoms with van der Waals surface area (Å²) in [6, 6.07) is 0. The molecule has 0 bridgehead atoms. The van der Waals surface area contributed by atoms with Crippen molar-refractivity contribution in [3.8, 4) is 0 Å². The van der Waals surface area contributed by atoms with Crippen LogP contribution in [0, 0.1) is 5.82 Å². The third-order valence-electron chi connectivity index (χ3n) is 1.50. The van der Waals surface area contributed by atoms with Crippen molar-refractivity contribution in [3.05, 3.63) is 24.3 Å². The maximum Gasteiger partial charge on any atom is 0.491 e. The molecule has 2 N–H and O–H groups in total. The molecule has 0 fully saturated rings. The summed E-state index contributed by atoms with van der Waals surface area (Å²) in [5, 5.41) is 17.6. The Morgan fingerprint density at radius 3 is 2.00 bits per heavy atom. The van der Waals surface area contributed by atoms with Crippen molar-refractivity contribution >= 4 is 72.0 Å². The van der Waals surface area contributed by atoms with Gasteiger partial charge in [0.05, 0.1) is 9.50 Å². The Bertz CT molecular complexity index is 359. The summed E-state index contributed by atoms with van der Waals surface area (Å²) >= 11 is 14.7. The molecule has 1 aromatic rings. The molecule has 0 spiro atoms. The van der Waals surface area contributed by atoms with Crippen LogP contribution in [0.2, 0.25) is 5.02 Å². The SMILES string of the molecule is OB(O)c1c(Cl)c(F)c(Br)c(Br)c1Br. The molecule has 8 heteroatoms. The molecule has 14 heavy (non-hydrogen) atoms. The van der Waals surface area contributed by atoms with Gasteiger partial charge < -0.3 is 10.0 Å². The van der Waals surface area contributed by atoms with Crippen LogP contribution in [0.5, 0.6) is 0 Å². The lowest BCUT2D eigenvalue weighted by molar-refractivity contribution is 0.425. The molecule has 0 heterocycles. The minimum absolute atomic E-state index is 0.112. The van der Waals surface area contributed by atoms with E-state index in [4.69, 9.17) is 21.6 Å². The summed E-state index contributed by atoms with van der Waals surface area (Å²) in [5.41, 5.74) is -0.112. The highest BCUT2D eigenvalue weighted by Gasteiger charge is 2.26. The molecule has 2 nitrogen and oxygen atoms in total. The van der Waals surface area contributed by atoms with Crippen LogP contribution < -0.4 is 5.46 Å². The Balaban J connectivity index is 3.60. The van der Waals surface area contributed by atoms with E-state index in [1.54, 1.807) is 0 Å². The first-order chi connectivity index (χ1) is 6.37. The van der Waals surface area contributed by atoms with Crippen LogP contribution in [0.25, 0.3) is 0 Å². The highest BCUT2D eigenvalue weighted by atomic mass is 79.9. The predicted molar refractivity (Wildman–Crippen MR) is 64.3 cm³/mol. The fourth-order valence-electron chi connectivity index (χ4n) is 0.849. The van der Waals surface area contributed by atoms with E-state index in [0.717, 1.165) is 0 Å². The van der Waals surface area contributed by atoms with Crippen LogP contribution in [-0.4, -0.2) is 17.2 Å². The molecule has 0 amide bonds. The summed E-state index contributed by atoms with van der Waals surface area (Å²) in [7, 11) is -1.84. The zero-order valence-corrected chi connectivity index (χ0v) is 11.9. The number of rotatable bonds is 1. The van der Waals surface area contributed by atoms with Gasteiger partial charge in [0.1, 0.15) is 0 Å². The van der Waals surface area contributed by atoms with Gasteiger partial charge in [-0.2, -0.15) is 0 Å². The van der Waals surface area contributed by atoms with Crippen LogP contribution in [0.15, 0.2) is 13.4 Å². The number of hydrogen-bond acceptors (Lipinski definition) is 2. The summed E-state index contributed by atoms with van der Waals surface area (Å²) in [5.74, 6) is -0.746. The van der Waals surface area contributed by atoms with Gasteiger partial charge in [0.15, 0.2) is 5.82 Å². The maximum atomic E-state index is 13.3. The highest BCUT2D eigenvalue weighted by molar-refractivity contribution is 9.14. The van der Waals surface area contributed by atoms with Gasteiger partial charge >= 0.3 is 7.12 Å². The molecule has 0 saturated carbocycles. The molecule has 1 aromatic carbocycles. The second-order valence-corrected chi connectivity index (χ2v) is 5.11. The van der Waals surface area contributed by atoms with Gasteiger partial charge in [-0.05, 0) is 47.8 Å². The molecule has 0 radical (unpaired) electrons. The Hall–Kier alpha value is 0.865. The number of benzene rings is 1. The average molecular weight is 411 g/mol. The smallest absolute Gasteiger partial charge is 0.423 e. The van der Waals surface area contributed by atoms with Crippen molar-refractivity contribution in [2.75, 3.05) is 0 Å². The lowest BCUT2D eigenvalue weighted by Crippen LogP contribution is -2.33. The Morgan fingerprint density at radius 1 is 1.07 bits per heavy atom. The van der Waals surface area contributed by atoms with Crippen molar-refractivity contribution in [3.63, 3.8) is 0 Å². The summed E-state index contributed by atoms with van der Waals surface area (Å²) in [4.78, 5) is 0. The molecular formula is C6H2BBr3ClFO2. The maximum absolute atomic E-state index is 13.3. The third-order valence-corrected chi connectivity index (χ3v) is 5.30. The quantitative estimate of drug-likeness (QED) is 0.424. The summed E-state index contributed by atoms with van der Waals surface area (Å²) in [6.45, 7) is 0. The molecule has 0 atom stereocenters. The van der Waals surface area contributed by atoms with E-state index in [0.29, 0.717) is 8.95 Å². The van der Waals surface area contributed by atoms with Gasteiger partial charge in [0.2, 0.25) is 0 Å². The van der Waals surface area contributed by atoms with E-state index < -0.39 is 12.9 Å². The Kier molecular flexibility index (Phi) is 4.43. The van der Waals surface area contributed by atoms with Gasteiger partial charge in [0.25, 0.3) is 0 Å². The van der Waals surface area contributed by atoms with Crippen molar-refractivity contribution in [1.29, 1.82) is 0 Å². The minimum Gasteiger partial charge on any atom is -0.423 e. The van der Waals surface area contributed by atoms with Gasteiger partial charge in [0, 0.05) is 14.4 Å². The lowest BCUT2D eigenvalue weighted by atomic mass is 9.80. The monoisotopic (exact) mass is 408 g/mol. The highest BCUT2D eigenvalue weighted by Crippen LogP contribution is 2.35. The normalized spacial score (nSPS) is 10.5. The molecule has 0 unspecified atom stereocenters. The second kappa shape index (κ2) is 4.80. The first-order valence-electron chi connectivity index (χ1n) is 3.25. The molecule has 76 valence electrons. The lowest BCUT2D eigenvalue weighted by Gasteiger charge is -2.10. The van der Waals surface area contributed by atoms with Crippen LogP contribution in [-0.2, 0) is 0 Å². The van der Waals surface area contributed by atoms with Gasteiger partial charge in [-0.3, -0.25) is 0 Å². The molecule has 0 aliphatic carbocycles. The number of halogens is 5. The third kappa shape index (κ3) is 2.17. The van der Waals surface area contributed by atoms with Crippen molar-refractivity contribution in [1.82, 2.24) is 0 Å². The van der Waals surface area contributed by atoms with Crippen LogP contribution in [0.3, 0.4) is 0 Å².